The van der Waals surface area contributed by atoms with Gasteiger partial charge in [0.15, 0.2) is 6.29 Å². The molecule has 238 valence electrons. The number of hydrogen-bond acceptors (Lipinski definition) is 6. The van der Waals surface area contributed by atoms with Crippen LogP contribution in [0.3, 0.4) is 0 Å². The van der Waals surface area contributed by atoms with E-state index >= 15 is 0 Å². The first kappa shape index (κ1) is 34.3. The van der Waals surface area contributed by atoms with Crippen LogP contribution < -0.4 is 11.1 Å². The SMILES string of the molecule is CCOC(OCC)[C@H](C)N(Cc1cccc2ccccc12)C(=O)[C@H](CC1CCCCC1)NC(=O)CN(C)N(CC)C(N)=O. The van der Waals surface area contributed by atoms with Gasteiger partial charge in [0.1, 0.15) is 6.04 Å². The molecule has 1 aliphatic rings. The molecule has 2 aromatic rings. The maximum atomic E-state index is 14.6. The van der Waals surface area contributed by atoms with Crippen molar-refractivity contribution in [2.75, 3.05) is 33.4 Å². The van der Waals surface area contributed by atoms with Crippen molar-refractivity contribution in [2.24, 2.45) is 11.7 Å². The number of hydrazine groups is 1. The Labute approximate surface area is 256 Å². The highest BCUT2D eigenvalue weighted by atomic mass is 16.7. The molecule has 0 heterocycles. The van der Waals surface area contributed by atoms with Crippen molar-refractivity contribution in [2.45, 2.75) is 91.1 Å². The van der Waals surface area contributed by atoms with Crippen LogP contribution in [0.4, 0.5) is 4.79 Å². The maximum Gasteiger partial charge on any atom is 0.329 e. The van der Waals surface area contributed by atoms with Crippen LogP contribution in [0.15, 0.2) is 42.5 Å². The van der Waals surface area contributed by atoms with E-state index in [2.05, 4.69) is 23.5 Å². The molecule has 1 saturated carbocycles. The van der Waals surface area contributed by atoms with Crippen molar-refractivity contribution in [3.8, 4) is 0 Å². The Bertz CT molecular complexity index is 1180. The Kier molecular flexibility index (Phi) is 13.7. The highest BCUT2D eigenvalue weighted by molar-refractivity contribution is 5.90. The first-order valence-corrected chi connectivity index (χ1v) is 15.8. The standard InChI is InChI=1S/C33H51N5O5/c1-6-38(33(34)41)36(5)23-30(39)35-29(21-25-15-10-9-11-16-25)31(40)37(24(4)32(42-7-2)43-8-3)22-27-19-14-18-26-17-12-13-20-28(26)27/h12-14,17-20,24-25,29,32H,6-11,15-16,21-23H2,1-5H3,(H2,34,41)(H,35,39)/t24-,29-/m0/s1. The predicted molar refractivity (Wildman–Crippen MR) is 169 cm³/mol. The molecule has 1 aliphatic carbocycles. The number of amides is 4. The van der Waals surface area contributed by atoms with Crippen molar-refractivity contribution < 1.29 is 23.9 Å². The Morgan fingerprint density at radius 1 is 0.977 bits per heavy atom. The zero-order chi connectivity index (χ0) is 31.4. The minimum Gasteiger partial charge on any atom is -0.351 e. The lowest BCUT2D eigenvalue weighted by Gasteiger charge is -2.38. The van der Waals surface area contributed by atoms with Gasteiger partial charge in [-0.25, -0.2) is 9.80 Å². The minimum absolute atomic E-state index is 0.107. The van der Waals surface area contributed by atoms with Gasteiger partial charge in [0.2, 0.25) is 11.8 Å². The molecule has 0 aliphatic heterocycles. The molecule has 0 saturated heterocycles. The van der Waals surface area contributed by atoms with Crippen molar-refractivity contribution in [3.05, 3.63) is 48.0 Å². The van der Waals surface area contributed by atoms with Gasteiger partial charge in [-0.05, 0) is 56.4 Å². The molecule has 43 heavy (non-hydrogen) atoms. The van der Waals surface area contributed by atoms with E-state index in [1.54, 1.807) is 18.9 Å². The number of fused-ring (bicyclic) bond motifs is 1. The van der Waals surface area contributed by atoms with Gasteiger partial charge in [-0.2, -0.15) is 0 Å². The van der Waals surface area contributed by atoms with Crippen LogP contribution >= 0.6 is 0 Å². The second kappa shape index (κ2) is 17.2. The molecule has 10 nitrogen and oxygen atoms in total. The summed E-state index contributed by atoms with van der Waals surface area (Å²) in [5, 5.41) is 7.98. The molecule has 1 fully saturated rings. The summed E-state index contributed by atoms with van der Waals surface area (Å²) in [4.78, 5) is 41.6. The third-order valence-corrected chi connectivity index (χ3v) is 8.32. The van der Waals surface area contributed by atoms with E-state index in [0.717, 1.165) is 42.0 Å². The number of rotatable bonds is 16. The van der Waals surface area contributed by atoms with Gasteiger partial charge in [0.25, 0.3) is 0 Å². The second-order valence-electron chi connectivity index (χ2n) is 11.4. The molecule has 3 rings (SSSR count). The summed E-state index contributed by atoms with van der Waals surface area (Å²) in [5.74, 6) is -0.184. The first-order chi connectivity index (χ1) is 20.7. The van der Waals surface area contributed by atoms with Crippen LogP contribution in [0.1, 0.15) is 71.8 Å². The lowest BCUT2D eigenvalue weighted by atomic mass is 9.84. The number of nitrogens with one attached hydrogen (secondary N) is 1. The monoisotopic (exact) mass is 597 g/mol. The fourth-order valence-electron chi connectivity index (χ4n) is 6.12. The number of urea groups is 1. The van der Waals surface area contributed by atoms with E-state index in [4.69, 9.17) is 15.2 Å². The van der Waals surface area contributed by atoms with Gasteiger partial charge < -0.3 is 25.4 Å². The molecule has 10 heteroatoms. The van der Waals surface area contributed by atoms with Gasteiger partial charge in [-0.1, -0.05) is 74.6 Å². The fraction of sp³-hybridized carbons (Fsp3) is 0.606. The number of nitrogens with two attached hydrogens (primary N) is 1. The van der Waals surface area contributed by atoms with Crippen molar-refractivity contribution in [3.63, 3.8) is 0 Å². The molecule has 0 bridgehead atoms. The average Bonchev–Trinajstić information content (AvgIpc) is 2.99. The van der Waals surface area contributed by atoms with Gasteiger partial charge in [0.05, 0.1) is 12.6 Å². The number of nitrogens with zero attached hydrogens (tertiary/aromatic N) is 3. The zero-order valence-electron chi connectivity index (χ0n) is 26.6. The summed E-state index contributed by atoms with van der Waals surface area (Å²) < 4.78 is 11.9. The summed E-state index contributed by atoms with van der Waals surface area (Å²) in [6.45, 7) is 8.97. The van der Waals surface area contributed by atoms with E-state index in [1.807, 2.05) is 45.0 Å². The number of benzene rings is 2. The number of carbonyl (C=O) groups excluding carboxylic acids is 3. The molecule has 0 aromatic heterocycles. The van der Waals surface area contributed by atoms with Gasteiger partial charge in [-0.3, -0.25) is 14.6 Å². The molecule has 4 amide bonds. The van der Waals surface area contributed by atoms with Gasteiger partial charge in [-0.15, -0.1) is 0 Å². The topological polar surface area (TPSA) is 117 Å². The normalized spacial score (nSPS) is 15.4. The van der Waals surface area contributed by atoms with E-state index in [-0.39, 0.29) is 18.4 Å². The van der Waals surface area contributed by atoms with Crippen molar-refractivity contribution in [1.29, 1.82) is 0 Å². The van der Waals surface area contributed by atoms with E-state index in [9.17, 15) is 14.4 Å². The lowest BCUT2D eigenvalue weighted by Crippen LogP contribution is -2.57. The third-order valence-electron chi connectivity index (χ3n) is 8.32. The minimum atomic E-state index is -0.742. The number of hydrogen-bond donors (Lipinski definition) is 2. The van der Waals surface area contributed by atoms with E-state index in [0.29, 0.717) is 38.6 Å². The summed E-state index contributed by atoms with van der Waals surface area (Å²) in [5.41, 5.74) is 6.50. The number of primary amides is 1. The van der Waals surface area contributed by atoms with Crippen LogP contribution in [0, 0.1) is 5.92 Å². The molecule has 0 spiro atoms. The smallest absolute Gasteiger partial charge is 0.329 e. The largest absolute Gasteiger partial charge is 0.351 e. The molecule has 0 radical (unpaired) electrons. The van der Waals surface area contributed by atoms with Crippen molar-refractivity contribution in [1.82, 2.24) is 20.2 Å². The van der Waals surface area contributed by atoms with E-state index < -0.39 is 24.4 Å². The highest BCUT2D eigenvalue weighted by Gasteiger charge is 2.35. The summed E-state index contributed by atoms with van der Waals surface area (Å²) in [6, 6.07) is 12.4. The number of likely N-dealkylation sites (N-methyl/N-ethyl adjacent to an activating group) is 1. The van der Waals surface area contributed by atoms with Crippen LogP contribution in [0.5, 0.6) is 0 Å². The number of carbonyl (C=O) groups is 3. The first-order valence-electron chi connectivity index (χ1n) is 15.8. The molecular formula is C33H51N5O5. The van der Waals surface area contributed by atoms with Gasteiger partial charge in [0, 0.05) is 33.4 Å². The molecule has 2 atom stereocenters. The Morgan fingerprint density at radius 3 is 2.26 bits per heavy atom. The fourth-order valence-corrected chi connectivity index (χ4v) is 6.12. The Morgan fingerprint density at radius 2 is 1.63 bits per heavy atom. The Balaban J connectivity index is 1.96. The molecule has 0 unspecified atom stereocenters. The second-order valence-corrected chi connectivity index (χ2v) is 11.4. The van der Waals surface area contributed by atoms with Gasteiger partial charge >= 0.3 is 6.03 Å². The quantitative estimate of drug-likeness (QED) is 0.215. The highest BCUT2D eigenvalue weighted by Crippen LogP contribution is 2.29. The summed E-state index contributed by atoms with van der Waals surface area (Å²) >= 11 is 0. The predicted octanol–water partition coefficient (Wildman–Crippen LogP) is 4.66. The molecule has 2 aromatic carbocycles. The summed E-state index contributed by atoms with van der Waals surface area (Å²) in [7, 11) is 1.63. The third kappa shape index (κ3) is 9.64. The average molecular weight is 598 g/mol. The number of ether oxygens (including phenoxy) is 2. The molecule has 3 N–H and O–H groups in total. The lowest BCUT2D eigenvalue weighted by molar-refractivity contribution is -0.180. The van der Waals surface area contributed by atoms with Crippen molar-refractivity contribution >= 4 is 28.6 Å². The van der Waals surface area contributed by atoms with Crippen LogP contribution in [-0.2, 0) is 25.6 Å². The van der Waals surface area contributed by atoms with Crippen LogP contribution in [0.25, 0.3) is 10.8 Å². The van der Waals surface area contributed by atoms with Crippen LogP contribution in [0.2, 0.25) is 0 Å². The zero-order valence-corrected chi connectivity index (χ0v) is 26.6. The van der Waals surface area contributed by atoms with Crippen LogP contribution in [-0.4, -0.2) is 84.5 Å². The van der Waals surface area contributed by atoms with E-state index in [1.165, 1.54) is 16.4 Å². The Hall–Kier alpha value is -3.21. The molecular weight excluding hydrogens is 546 g/mol. The summed E-state index contributed by atoms with van der Waals surface area (Å²) in [6.07, 6.45) is 5.43. The maximum absolute atomic E-state index is 14.6.